The van der Waals surface area contributed by atoms with E-state index in [0.29, 0.717) is 16.0 Å². The molecule has 94 valence electrons. The number of rotatable bonds is 3. The van der Waals surface area contributed by atoms with Gasteiger partial charge in [-0.05, 0) is 36.6 Å². The summed E-state index contributed by atoms with van der Waals surface area (Å²) in [5.74, 6) is 0.593. The van der Waals surface area contributed by atoms with Crippen molar-refractivity contribution in [3.05, 3.63) is 33.8 Å². The van der Waals surface area contributed by atoms with Gasteiger partial charge in [0.2, 0.25) is 0 Å². The van der Waals surface area contributed by atoms with Gasteiger partial charge < -0.3 is 5.32 Å². The predicted molar refractivity (Wildman–Crippen MR) is 75.0 cm³/mol. The highest BCUT2D eigenvalue weighted by atomic mass is 35.5. The molecule has 1 aliphatic carbocycles. The highest BCUT2D eigenvalue weighted by molar-refractivity contribution is 6.42. The highest BCUT2D eigenvalue weighted by Gasteiger charge is 2.68. The maximum atomic E-state index is 6.36. The lowest BCUT2D eigenvalue weighted by Crippen LogP contribution is -2.16. The molecule has 2 atom stereocenters. The van der Waals surface area contributed by atoms with Crippen molar-refractivity contribution < 1.29 is 0 Å². The fraction of sp³-hybridized carbons (Fsp3) is 0.571. The molecular weight excluding hydrogens is 253 g/mol. The van der Waals surface area contributed by atoms with Crippen LogP contribution in [0.4, 0.5) is 0 Å². The Hall–Kier alpha value is -0.240. The molecule has 3 heteroatoms. The first kappa shape index (κ1) is 13.2. The third-order valence-electron chi connectivity index (χ3n) is 4.74. The van der Waals surface area contributed by atoms with Gasteiger partial charge in [0.25, 0.3) is 0 Å². The molecule has 2 rings (SSSR count). The Labute approximate surface area is 114 Å². The van der Waals surface area contributed by atoms with Gasteiger partial charge in [0.1, 0.15) is 0 Å². The monoisotopic (exact) mass is 271 g/mol. The van der Waals surface area contributed by atoms with E-state index < -0.39 is 0 Å². The van der Waals surface area contributed by atoms with Crippen molar-refractivity contribution in [2.24, 2.45) is 11.3 Å². The Balaban J connectivity index is 2.44. The van der Waals surface area contributed by atoms with Crippen LogP contribution in [-0.4, -0.2) is 13.6 Å². The van der Waals surface area contributed by atoms with Gasteiger partial charge in [-0.3, -0.25) is 0 Å². The molecule has 0 saturated heterocycles. The molecule has 1 aliphatic rings. The molecule has 1 N–H and O–H groups in total. The fourth-order valence-electron chi connectivity index (χ4n) is 3.20. The maximum absolute atomic E-state index is 6.36. The summed E-state index contributed by atoms with van der Waals surface area (Å²) in [5, 5.41) is 4.63. The van der Waals surface area contributed by atoms with Gasteiger partial charge in [0.15, 0.2) is 0 Å². The summed E-state index contributed by atoms with van der Waals surface area (Å²) in [6, 6.07) is 5.93. The fourth-order valence-corrected chi connectivity index (χ4v) is 3.70. The molecule has 1 aromatic carbocycles. The zero-order valence-corrected chi connectivity index (χ0v) is 12.3. The molecule has 0 radical (unpaired) electrons. The van der Waals surface area contributed by atoms with Crippen LogP contribution in [0.15, 0.2) is 18.2 Å². The summed E-state index contributed by atoms with van der Waals surface area (Å²) in [5.41, 5.74) is 1.54. The van der Waals surface area contributed by atoms with Crippen LogP contribution in [0.25, 0.3) is 0 Å². The predicted octanol–water partition coefficient (Wildman–Crippen LogP) is 4.13. The zero-order valence-electron chi connectivity index (χ0n) is 10.8. The van der Waals surface area contributed by atoms with Crippen molar-refractivity contribution in [1.29, 1.82) is 0 Å². The van der Waals surface area contributed by atoms with Gasteiger partial charge in [0, 0.05) is 5.41 Å². The van der Waals surface area contributed by atoms with Gasteiger partial charge in [-0.1, -0.05) is 56.1 Å². The van der Waals surface area contributed by atoms with E-state index in [2.05, 4.69) is 32.2 Å². The second kappa shape index (κ2) is 4.15. The van der Waals surface area contributed by atoms with Crippen molar-refractivity contribution in [1.82, 2.24) is 5.32 Å². The van der Waals surface area contributed by atoms with Crippen molar-refractivity contribution >= 4 is 23.2 Å². The zero-order chi connectivity index (χ0) is 12.8. The van der Waals surface area contributed by atoms with E-state index in [1.165, 1.54) is 5.56 Å². The van der Waals surface area contributed by atoms with E-state index in [0.717, 1.165) is 6.54 Å². The Bertz CT molecular complexity index is 442. The summed E-state index contributed by atoms with van der Waals surface area (Å²) >= 11 is 12.5. The molecule has 0 aromatic heterocycles. The first-order valence-corrected chi connectivity index (χ1v) is 6.72. The molecular formula is C14H19Cl2N. The summed E-state index contributed by atoms with van der Waals surface area (Å²) < 4.78 is 0. The largest absolute Gasteiger partial charge is 0.319 e. The van der Waals surface area contributed by atoms with Crippen molar-refractivity contribution in [2.75, 3.05) is 13.6 Å². The number of hydrogen-bond acceptors (Lipinski definition) is 1. The molecule has 0 heterocycles. The minimum atomic E-state index is 0.109. The SMILES string of the molecule is CNCC1C(C)(C)C1(C)c1cccc(Cl)c1Cl. The Morgan fingerprint density at radius 2 is 1.88 bits per heavy atom. The normalized spacial score (nSPS) is 30.4. The van der Waals surface area contributed by atoms with Crippen molar-refractivity contribution in [3.63, 3.8) is 0 Å². The van der Waals surface area contributed by atoms with E-state index in [-0.39, 0.29) is 10.8 Å². The van der Waals surface area contributed by atoms with Crippen LogP contribution in [0.1, 0.15) is 26.3 Å². The lowest BCUT2D eigenvalue weighted by Gasteiger charge is -2.17. The van der Waals surface area contributed by atoms with E-state index in [1.807, 2.05) is 19.2 Å². The minimum absolute atomic E-state index is 0.109. The molecule has 1 aromatic rings. The van der Waals surface area contributed by atoms with E-state index >= 15 is 0 Å². The van der Waals surface area contributed by atoms with Crippen molar-refractivity contribution in [3.8, 4) is 0 Å². The molecule has 1 saturated carbocycles. The Morgan fingerprint density at radius 3 is 2.47 bits per heavy atom. The first-order chi connectivity index (χ1) is 7.87. The first-order valence-electron chi connectivity index (χ1n) is 5.96. The van der Waals surface area contributed by atoms with Crippen LogP contribution in [0.3, 0.4) is 0 Å². The quantitative estimate of drug-likeness (QED) is 0.872. The van der Waals surface area contributed by atoms with Gasteiger partial charge in [0.05, 0.1) is 10.0 Å². The number of hydrogen-bond donors (Lipinski definition) is 1. The molecule has 0 aliphatic heterocycles. The van der Waals surface area contributed by atoms with Crippen LogP contribution in [0.2, 0.25) is 10.0 Å². The van der Waals surface area contributed by atoms with Crippen LogP contribution in [-0.2, 0) is 5.41 Å². The van der Waals surface area contributed by atoms with Crippen LogP contribution >= 0.6 is 23.2 Å². The Kier molecular flexibility index (Phi) is 3.22. The van der Waals surface area contributed by atoms with E-state index in [1.54, 1.807) is 0 Å². The number of nitrogens with one attached hydrogen (secondary N) is 1. The van der Waals surface area contributed by atoms with Crippen LogP contribution in [0, 0.1) is 11.3 Å². The lowest BCUT2D eigenvalue weighted by atomic mass is 9.89. The number of benzene rings is 1. The van der Waals surface area contributed by atoms with Crippen molar-refractivity contribution in [2.45, 2.75) is 26.2 Å². The molecule has 1 nitrogen and oxygen atoms in total. The third kappa shape index (κ3) is 1.71. The molecule has 0 bridgehead atoms. The second-order valence-electron chi connectivity index (χ2n) is 5.64. The van der Waals surface area contributed by atoms with Gasteiger partial charge >= 0.3 is 0 Å². The summed E-state index contributed by atoms with van der Waals surface area (Å²) in [4.78, 5) is 0. The Morgan fingerprint density at radius 1 is 1.24 bits per heavy atom. The average Bonchev–Trinajstić information content (AvgIpc) is 2.69. The molecule has 1 fully saturated rings. The third-order valence-corrected chi connectivity index (χ3v) is 5.56. The molecule has 17 heavy (non-hydrogen) atoms. The number of halogens is 2. The lowest BCUT2D eigenvalue weighted by molar-refractivity contribution is 0.513. The highest BCUT2D eigenvalue weighted by Crippen LogP contribution is 2.70. The second-order valence-corrected chi connectivity index (χ2v) is 6.42. The minimum Gasteiger partial charge on any atom is -0.319 e. The molecule has 2 unspecified atom stereocenters. The molecule has 0 spiro atoms. The smallest absolute Gasteiger partial charge is 0.0630 e. The summed E-state index contributed by atoms with van der Waals surface area (Å²) in [6.07, 6.45) is 0. The maximum Gasteiger partial charge on any atom is 0.0630 e. The summed E-state index contributed by atoms with van der Waals surface area (Å²) in [6.45, 7) is 7.89. The van der Waals surface area contributed by atoms with Gasteiger partial charge in [-0.25, -0.2) is 0 Å². The topological polar surface area (TPSA) is 12.0 Å². The van der Waals surface area contributed by atoms with E-state index in [9.17, 15) is 0 Å². The standard InChI is InChI=1S/C14H19Cl2N/c1-13(2)11(8-17-4)14(13,3)9-6-5-7-10(15)12(9)16/h5-7,11,17H,8H2,1-4H3. The van der Waals surface area contributed by atoms with Gasteiger partial charge in [-0.2, -0.15) is 0 Å². The summed E-state index contributed by atoms with van der Waals surface area (Å²) in [7, 11) is 1.99. The van der Waals surface area contributed by atoms with E-state index in [4.69, 9.17) is 23.2 Å². The molecule has 0 amide bonds. The van der Waals surface area contributed by atoms with Crippen LogP contribution in [0.5, 0.6) is 0 Å². The van der Waals surface area contributed by atoms with Crippen LogP contribution < -0.4 is 5.32 Å². The average molecular weight is 272 g/mol. The van der Waals surface area contributed by atoms with Gasteiger partial charge in [-0.15, -0.1) is 0 Å².